The fourth-order valence-corrected chi connectivity index (χ4v) is 3.07. The maximum atomic E-state index is 12.5. The van der Waals surface area contributed by atoms with Gasteiger partial charge in [-0.05, 0) is 46.1 Å². The van der Waals surface area contributed by atoms with E-state index in [1.165, 1.54) is 18.9 Å². The second kappa shape index (κ2) is 9.01. The van der Waals surface area contributed by atoms with Crippen molar-refractivity contribution in [3.05, 3.63) is 0 Å². The summed E-state index contributed by atoms with van der Waals surface area (Å²) in [6, 6.07) is -1.25. The number of ketones is 1. The second-order valence-electron chi connectivity index (χ2n) is 8.84. The van der Waals surface area contributed by atoms with E-state index >= 15 is 0 Å². The molecule has 27 heavy (non-hydrogen) atoms. The minimum Gasteiger partial charge on any atom is -0.467 e. The first-order valence-corrected chi connectivity index (χ1v) is 9.34. The average molecular weight is 386 g/mol. The number of carbonyl (C=O) groups is 3. The standard InChI is InChI=1S/C19H35N3O5/c1-13(23)15(20)19(5,6)8-9-21-10-11-22(14(12-21)16(24)26-7)17(25)27-18(2,3)4/h14-15H,8-12,20H2,1-7H3/t14-,15+/m0/s1. The highest BCUT2D eigenvalue weighted by atomic mass is 16.6. The van der Waals surface area contributed by atoms with Crippen LogP contribution >= 0.6 is 0 Å². The molecule has 156 valence electrons. The predicted octanol–water partition coefficient (Wildman–Crippen LogP) is 1.41. The highest BCUT2D eigenvalue weighted by Gasteiger charge is 2.39. The van der Waals surface area contributed by atoms with E-state index in [2.05, 4.69) is 4.90 Å². The predicted molar refractivity (Wildman–Crippen MR) is 102 cm³/mol. The summed E-state index contributed by atoms with van der Waals surface area (Å²) in [7, 11) is 1.31. The zero-order valence-corrected chi connectivity index (χ0v) is 17.7. The van der Waals surface area contributed by atoms with Crippen LogP contribution in [0.1, 0.15) is 48.0 Å². The molecule has 0 radical (unpaired) electrons. The van der Waals surface area contributed by atoms with Gasteiger partial charge in [0.1, 0.15) is 17.4 Å². The first-order valence-electron chi connectivity index (χ1n) is 9.34. The zero-order chi connectivity index (χ0) is 21.0. The molecule has 0 aliphatic carbocycles. The summed E-state index contributed by atoms with van der Waals surface area (Å²) in [5.41, 5.74) is 5.03. The van der Waals surface area contributed by atoms with Crippen LogP contribution in [0.2, 0.25) is 0 Å². The van der Waals surface area contributed by atoms with Gasteiger partial charge >= 0.3 is 12.1 Å². The number of nitrogens with zero attached hydrogens (tertiary/aromatic N) is 2. The summed E-state index contributed by atoms with van der Waals surface area (Å²) < 4.78 is 10.3. The lowest BCUT2D eigenvalue weighted by Crippen LogP contribution is -2.59. The Labute approximate surface area is 162 Å². The van der Waals surface area contributed by atoms with E-state index in [1.807, 2.05) is 13.8 Å². The maximum Gasteiger partial charge on any atom is 0.411 e. The highest BCUT2D eigenvalue weighted by Crippen LogP contribution is 2.26. The van der Waals surface area contributed by atoms with E-state index in [0.717, 1.165) is 0 Å². The van der Waals surface area contributed by atoms with Crippen LogP contribution in [0, 0.1) is 5.41 Å². The molecular formula is C19H35N3O5. The largest absolute Gasteiger partial charge is 0.467 e. The molecule has 0 bridgehead atoms. The number of hydrogen-bond donors (Lipinski definition) is 1. The smallest absolute Gasteiger partial charge is 0.411 e. The molecule has 0 saturated carbocycles. The number of nitrogens with two attached hydrogens (primary N) is 1. The number of hydrogen-bond acceptors (Lipinski definition) is 7. The lowest BCUT2D eigenvalue weighted by Gasteiger charge is -2.41. The van der Waals surface area contributed by atoms with E-state index in [4.69, 9.17) is 15.2 Å². The van der Waals surface area contributed by atoms with Crippen LogP contribution in [0.5, 0.6) is 0 Å². The fraction of sp³-hybridized carbons (Fsp3) is 0.842. The molecule has 1 aliphatic heterocycles. The van der Waals surface area contributed by atoms with Crippen molar-refractivity contribution in [2.45, 2.75) is 65.6 Å². The molecule has 1 fully saturated rings. The number of methoxy groups -OCH3 is 1. The molecule has 1 heterocycles. The summed E-state index contributed by atoms with van der Waals surface area (Å²) in [4.78, 5) is 39.8. The van der Waals surface area contributed by atoms with Gasteiger partial charge in [-0.1, -0.05) is 13.8 Å². The van der Waals surface area contributed by atoms with E-state index in [-0.39, 0.29) is 11.2 Å². The molecule has 1 amide bonds. The molecule has 0 aromatic carbocycles. The van der Waals surface area contributed by atoms with Gasteiger partial charge in [-0.2, -0.15) is 0 Å². The molecule has 1 aliphatic rings. The van der Waals surface area contributed by atoms with Gasteiger partial charge in [0.15, 0.2) is 0 Å². The summed E-state index contributed by atoms with van der Waals surface area (Å²) in [5.74, 6) is -0.507. The van der Waals surface area contributed by atoms with E-state index in [1.54, 1.807) is 20.8 Å². The van der Waals surface area contributed by atoms with Crippen molar-refractivity contribution in [1.82, 2.24) is 9.80 Å². The van der Waals surface area contributed by atoms with Crippen molar-refractivity contribution in [2.75, 3.05) is 33.3 Å². The summed E-state index contributed by atoms with van der Waals surface area (Å²) in [5, 5.41) is 0. The van der Waals surface area contributed by atoms with Crippen LogP contribution in [-0.4, -0.2) is 78.6 Å². The minimum absolute atomic E-state index is 0.0396. The van der Waals surface area contributed by atoms with Crippen LogP contribution in [0.3, 0.4) is 0 Å². The third-order valence-electron chi connectivity index (χ3n) is 4.92. The molecule has 0 spiro atoms. The van der Waals surface area contributed by atoms with Gasteiger partial charge in [0.05, 0.1) is 13.2 Å². The average Bonchev–Trinajstić information content (AvgIpc) is 2.56. The quantitative estimate of drug-likeness (QED) is 0.690. The molecule has 2 atom stereocenters. The van der Waals surface area contributed by atoms with Crippen molar-refractivity contribution < 1.29 is 23.9 Å². The Balaban J connectivity index is 2.78. The number of piperazine rings is 1. The molecule has 0 unspecified atom stereocenters. The van der Waals surface area contributed by atoms with Crippen LogP contribution < -0.4 is 5.73 Å². The van der Waals surface area contributed by atoms with E-state index in [0.29, 0.717) is 32.6 Å². The third-order valence-corrected chi connectivity index (χ3v) is 4.92. The third kappa shape index (κ3) is 6.77. The molecular weight excluding hydrogens is 350 g/mol. The van der Waals surface area contributed by atoms with Gasteiger partial charge in [0, 0.05) is 19.6 Å². The molecule has 8 nitrogen and oxygen atoms in total. The molecule has 1 saturated heterocycles. The van der Waals surface area contributed by atoms with Crippen molar-refractivity contribution >= 4 is 17.8 Å². The molecule has 0 aromatic heterocycles. The Bertz CT molecular complexity index is 556. The lowest BCUT2D eigenvalue weighted by atomic mass is 9.79. The number of carbonyl (C=O) groups excluding carboxylic acids is 3. The number of ether oxygens (including phenoxy) is 2. The summed E-state index contributed by atoms with van der Waals surface area (Å²) in [6.45, 7) is 12.8. The van der Waals surface area contributed by atoms with Crippen molar-refractivity contribution in [1.29, 1.82) is 0 Å². The van der Waals surface area contributed by atoms with Gasteiger partial charge in [-0.25, -0.2) is 9.59 Å². The molecule has 8 heteroatoms. The van der Waals surface area contributed by atoms with E-state index in [9.17, 15) is 14.4 Å². The first-order chi connectivity index (χ1) is 12.3. The topological polar surface area (TPSA) is 102 Å². The first kappa shape index (κ1) is 23.4. The van der Waals surface area contributed by atoms with Crippen LogP contribution in [0.25, 0.3) is 0 Å². The van der Waals surface area contributed by atoms with Crippen LogP contribution in [0.4, 0.5) is 4.79 Å². The monoisotopic (exact) mass is 385 g/mol. The SMILES string of the molecule is COC(=O)[C@@H]1CN(CCC(C)(C)[C@H](N)C(C)=O)CCN1C(=O)OC(C)(C)C. The Morgan fingerprint density at radius 2 is 1.74 bits per heavy atom. The molecule has 0 aromatic rings. The number of amides is 1. The minimum atomic E-state index is -0.719. The maximum absolute atomic E-state index is 12.5. The highest BCUT2D eigenvalue weighted by molar-refractivity contribution is 5.82. The molecule has 1 rings (SSSR count). The van der Waals surface area contributed by atoms with E-state index < -0.39 is 29.7 Å². The Morgan fingerprint density at radius 3 is 2.22 bits per heavy atom. The van der Waals surface area contributed by atoms with Crippen LogP contribution in [-0.2, 0) is 19.1 Å². The fourth-order valence-electron chi connectivity index (χ4n) is 3.07. The van der Waals surface area contributed by atoms with Gasteiger partial charge in [-0.3, -0.25) is 14.6 Å². The number of esters is 1. The lowest BCUT2D eigenvalue weighted by molar-refractivity contribution is -0.149. The summed E-state index contributed by atoms with van der Waals surface area (Å²) >= 11 is 0. The number of Topliss-reactive ketones (excluding diaryl/α,β-unsaturated/α-hetero) is 1. The van der Waals surface area contributed by atoms with Gasteiger partial charge in [0.2, 0.25) is 0 Å². The molecule has 2 N–H and O–H groups in total. The second-order valence-corrected chi connectivity index (χ2v) is 8.84. The zero-order valence-electron chi connectivity index (χ0n) is 17.7. The number of rotatable bonds is 6. The summed E-state index contributed by atoms with van der Waals surface area (Å²) in [6.07, 6.45) is 0.185. The van der Waals surface area contributed by atoms with Gasteiger partial charge < -0.3 is 15.2 Å². The Morgan fingerprint density at radius 1 is 1.15 bits per heavy atom. The Hall–Kier alpha value is -1.67. The van der Waals surface area contributed by atoms with Gasteiger partial charge in [0.25, 0.3) is 0 Å². The van der Waals surface area contributed by atoms with Crippen LogP contribution in [0.15, 0.2) is 0 Å². The normalized spacial score (nSPS) is 20.1. The Kier molecular flexibility index (Phi) is 7.80. The van der Waals surface area contributed by atoms with Crippen molar-refractivity contribution in [3.63, 3.8) is 0 Å². The van der Waals surface area contributed by atoms with Crippen molar-refractivity contribution in [2.24, 2.45) is 11.1 Å². The van der Waals surface area contributed by atoms with Gasteiger partial charge in [-0.15, -0.1) is 0 Å². The van der Waals surface area contributed by atoms with Crippen molar-refractivity contribution in [3.8, 4) is 0 Å².